The standard InChI is InChI=1S/C16H15F3N2O/c1-10-6-7-13(9-20-10)15(22)21-11(2)12-4-3-5-14(8-12)16(17,18)19/h3-9,11H,1-2H3,(H,21,22). The minimum Gasteiger partial charge on any atom is -0.345 e. The largest absolute Gasteiger partial charge is 0.416 e. The van der Waals surface area contributed by atoms with Crippen LogP contribution < -0.4 is 5.32 Å². The first kappa shape index (κ1) is 16.0. The van der Waals surface area contributed by atoms with Crippen LogP contribution in [0.25, 0.3) is 0 Å². The zero-order chi connectivity index (χ0) is 16.3. The van der Waals surface area contributed by atoms with Crippen molar-refractivity contribution in [1.82, 2.24) is 10.3 Å². The summed E-state index contributed by atoms with van der Waals surface area (Å²) < 4.78 is 38.1. The molecule has 6 heteroatoms. The third-order valence-corrected chi connectivity index (χ3v) is 3.24. The molecular formula is C16H15F3N2O. The van der Waals surface area contributed by atoms with Crippen LogP contribution >= 0.6 is 0 Å². The lowest BCUT2D eigenvalue weighted by Gasteiger charge is -2.16. The fraction of sp³-hybridized carbons (Fsp3) is 0.250. The van der Waals surface area contributed by atoms with Gasteiger partial charge in [-0.1, -0.05) is 12.1 Å². The molecule has 1 aromatic heterocycles. The van der Waals surface area contributed by atoms with Gasteiger partial charge in [0, 0.05) is 11.9 Å². The summed E-state index contributed by atoms with van der Waals surface area (Å²) in [6.45, 7) is 3.43. The van der Waals surface area contributed by atoms with Crippen LogP contribution in [0.3, 0.4) is 0 Å². The van der Waals surface area contributed by atoms with E-state index >= 15 is 0 Å². The van der Waals surface area contributed by atoms with Crippen molar-refractivity contribution >= 4 is 5.91 Å². The van der Waals surface area contributed by atoms with E-state index in [-0.39, 0.29) is 5.91 Å². The highest BCUT2D eigenvalue weighted by molar-refractivity contribution is 5.94. The van der Waals surface area contributed by atoms with Gasteiger partial charge < -0.3 is 5.32 Å². The second kappa shape index (κ2) is 6.17. The first-order chi connectivity index (χ1) is 10.3. The zero-order valence-electron chi connectivity index (χ0n) is 12.1. The van der Waals surface area contributed by atoms with Gasteiger partial charge in [0.1, 0.15) is 0 Å². The molecule has 0 saturated carbocycles. The number of nitrogens with one attached hydrogen (secondary N) is 1. The predicted molar refractivity (Wildman–Crippen MR) is 76.3 cm³/mol. The number of halogens is 3. The van der Waals surface area contributed by atoms with Gasteiger partial charge in [0.2, 0.25) is 0 Å². The Hall–Kier alpha value is -2.37. The van der Waals surface area contributed by atoms with E-state index in [1.54, 1.807) is 32.0 Å². The second-order valence-electron chi connectivity index (χ2n) is 5.01. The van der Waals surface area contributed by atoms with Crippen LogP contribution in [0.5, 0.6) is 0 Å². The molecule has 0 aliphatic carbocycles. The molecule has 0 aliphatic heterocycles. The number of alkyl halides is 3. The van der Waals surface area contributed by atoms with Crippen LogP contribution in [0.4, 0.5) is 13.2 Å². The van der Waals surface area contributed by atoms with E-state index in [2.05, 4.69) is 10.3 Å². The predicted octanol–water partition coefficient (Wildman–Crippen LogP) is 3.90. The van der Waals surface area contributed by atoms with Gasteiger partial charge in [-0.05, 0) is 43.7 Å². The number of rotatable bonds is 3. The van der Waals surface area contributed by atoms with E-state index in [0.29, 0.717) is 11.1 Å². The Morgan fingerprint density at radius 1 is 1.23 bits per heavy atom. The van der Waals surface area contributed by atoms with Crippen LogP contribution in [0.15, 0.2) is 42.6 Å². The minimum absolute atomic E-state index is 0.365. The highest BCUT2D eigenvalue weighted by Gasteiger charge is 2.30. The highest BCUT2D eigenvalue weighted by atomic mass is 19.4. The second-order valence-corrected chi connectivity index (χ2v) is 5.01. The van der Waals surface area contributed by atoms with Crippen molar-refractivity contribution in [2.75, 3.05) is 0 Å². The first-order valence-electron chi connectivity index (χ1n) is 6.68. The quantitative estimate of drug-likeness (QED) is 0.934. The van der Waals surface area contributed by atoms with E-state index < -0.39 is 17.8 Å². The van der Waals surface area contributed by atoms with Gasteiger partial charge in [-0.3, -0.25) is 9.78 Å². The Morgan fingerprint density at radius 3 is 2.55 bits per heavy atom. The molecular weight excluding hydrogens is 293 g/mol. The number of aromatic nitrogens is 1. The Bertz CT molecular complexity index is 666. The maximum absolute atomic E-state index is 12.7. The maximum Gasteiger partial charge on any atom is 0.416 e. The Labute approximate surface area is 126 Å². The van der Waals surface area contributed by atoms with Crippen LogP contribution in [0.2, 0.25) is 0 Å². The van der Waals surface area contributed by atoms with Crippen molar-refractivity contribution in [1.29, 1.82) is 0 Å². The number of pyridine rings is 1. The number of nitrogens with zero attached hydrogens (tertiary/aromatic N) is 1. The molecule has 0 bridgehead atoms. The number of hydrogen-bond donors (Lipinski definition) is 1. The van der Waals surface area contributed by atoms with Crippen molar-refractivity contribution in [3.8, 4) is 0 Å². The summed E-state index contributed by atoms with van der Waals surface area (Å²) in [6, 6.07) is 7.69. The molecule has 2 aromatic rings. The smallest absolute Gasteiger partial charge is 0.345 e. The van der Waals surface area contributed by atoms with Gasteiger partial charge >= 0.3 is 6.18 Å². The Balaban J connectivity index is 2.13. The van der Waals surface area contributed by atoms with Gasteiger partial charge in [-0.15, -0.1) is 0 Å². The summed E-state index contributed by atoms with van der Waals surface area (Å²) in [5, 5.41) is 2.66. The third-order valence-electron chi connectivity index (χ3n) is 3.24. The Morgan fingerprint density at radius 2 is 1.95 bits per heavy atom. The number of benzene rings is 1. The zero-order valence-corrected chi connectivity index (χ0v) is 12.1. The van der Waals surface area contributed by atoms with E-state index in [0.717, 1.165) is 17.8 Å². The van der Waals surface area contributed by atoms with Crippen molar-refractivity contribution in [2.45, 2.75) is 26.1 Å². The lowest BCUT2D eigenvalue weighted by Crippen LogP contribution is -2.27. The topological polar surface area (TPSA) is 42.0 Å². The molecule has 3 nitrogen and oxygen atoms in total. The molecule has 1 amide bonds. The number of hydrogen-bond acceptors (Lipinski definition) is 2. The van der Waals surface area contributed by atoms with Crippen molar-refractivity contribution < 1.29 is 18.0 Å². The molecule has 116 valence electrons. The van der Waals surface area contributed by atoms with Crippen molar-refractivity contribution in [2.24, 2.45) is 0 Å². The molecule has 0 radical (unpaired) electrons. The average molecular weight is 308 g/mol. The van der Waals surface area contributed by atoms with Gasteiger partial charge in [0.05, 0.1) is 17.2 Å². The lowest BCUT2D eigenvalue weighted by molar-refractivity contribution is -0.137. The van der Waals surface area contributed by atoms with Gasteiger partial charge in [0.15, 0.2) is 0 Å². The monoisotopic (exact) mass is 308 g/mol. The maximum atomic E-state index is 12.7. The molecule has 1 heterocycles. The molecule has 0 aliphatic rings. The van der Waals surface area contributed by atoms with Crippen molar-refractivity contribution in [3.05, 3.63) is 65.0 Å². The number of carbonyl (C=O) groups excluding carboxylic acids is 1. The SMILES string of the molecule is Cc1ccc(C(=O)NC(C)c2cccc(C(F)(F)F)c2)cn1. The van der Waals surface area contributed by atoms with Crippen LogP contribution in [0.1, 0.15) is 40.1 Å². The van der Waals surface area contributed by atoms with E-state index in [9.17, 15) is 18.0 Å². The third kappa shape index (κ3) is 3.84. The summed E-state index contributed by atoms with van der Waals surface area (Å²) in [4.78, 5) is 16.1. The summed E-state index contributed by atoms with van der Waals surface area (Å²) in [5.74, 6) is -0.377. The molecule has 1 aromatic carbocycles. The molecule has 1 N–H and O–H groups in total. The molecule has 0 saturated heterocycles. The molecule has 1 unspecified atom stereocenters. The van der Waals surface area contributed by atoms with E-state index in [4.69, 9.17) is 0 Å². The fourth-order valence-corrected chi connectivity index (χ4v) is 1.95. The van der Waals surface area contributed by atoms with E-state index in [1.807, 2.05) is 0 Å². The Kier molecular flexibility index (Phi) is 4.49. The number of carbonyl (C=O) groups is 1. The van der Waals surface area contributed by atoms with Crippen LogP contribution in [-0.2, 0) is 6.18 Å². The molecule has 0 spiro atoms. The lowest BCUT2D eigenvalue weighted by atomic mass is 10.0. The summed E-state index contributed by atoms with van der Waals surface area (Å²) in [6.07, 6.45) is -2.97. The summed E-state index contributed by atoms with van der Waals surface area (Å²) in [7, 11) is 0. The average Bonchev–Trinajstić information content (AvgIpc) is 2.47. The van der Waals surface area contributed by atoms with Crippen LogP contribution in [-0.4, -0.2) is 10.9 Å². The van der Waals surface area contributed by atoms with E-state index in [1.165, 1.54) is 12.3 Å². The highest BCUT2D eigenvalue weighted by Crippen LogP contribution is 2.30. The number of amides is 1. The molecule has 1 atom stereocenters. The minimum atomic E-state index is -4.40. The molecule has 0 fully saturated rings. The molecule has 22 heavy (non-hydrogen) atoms. The summed E-state index contributed by atoms with van der Waals surface area (Å²) >= 11 is 0. The van der Waals surface area contributed by atoms with Gasteiger partial charge in [-0.25, -0.2) is 0 Å². The number of aryl methyl sites for hydroxylation is 1. The molecule has 2 rings (SSSR count). The first-order valence-corrected chi connectivity index (χ1v) is 6.68. The summed E-state index contributed by atoms with van der Waals surface area (Å²) in [5.41, 5.74) is 0.804. The fourth-order valence-electron chi connectivity index (χ4n) is 1.95. The normalized spacial score (nSPS) is 12.8. The van der Waals surface area contributed by atoms with Gasteiger partial charge in [0.25, 0.3) is 5.91 Å². The van der Waals surface area contributed by atoms with Crippen LogP contribution in [0, 0.1) is 6.92 Å². The van der Waals surface area contributed by atoms with Crippen molar-refractivity contribution in [3.63, 3.8) is 0 Å². The van der Waals surface area contributed by atoms with Gasteiger partial charge in [-0.2, -0.15) is 13.2 Å².